The van der Waals surface area contributed by atoms with Crippen molar-refractivity contribution in [3.63, 3.8) is 0 Å². The summed E-state index contributed by atoms with van der Waals surface area (Å²) < 4.78 is 34.2. The van der Waals surface area contributed by atoms with Crippen molar-refractivity contribution in [2.45, 2.75) is 72.9 Å². The van der Waals surface area contributed by atoms with E-state index in [9.17, 15) is 0 Å². The topological polar surface area (TPSA) is 17.0 Å². The molecule has 0 saturated carbocycles. The number of nitrogens with zero attached hydrogens (tertiary/aromatic N) is 1. The van der Waals surface area contributed by atoms with Crippen LogP contribution in [0.15, 0.2) is 65.2 Å². The highest BCUT2D eigenvalue weighted by atomic mass is 28.3. The van der Waals surface area contributed by atoms with Crippen LogP contribution in [0.2, 0.25) is 19.6 Å². The van der Waals surface area contributed by atoms with E-state index in [4.69, 9.17) is 8.53 Å². The van der Waals surface area contributed by atoms with Gasteiger partial charge in [-0.1, -0.05) is 95.0 Å². The molecule has 0 N–H and O–H groups in total. The van der Waals surface area contributed by atoms with E-state index in [2.05, 4.69) is 90.7 Å². The molecule has 0 spiro atoms. The summed E-state index contributed by atoms with van der Waals surface area (Å²) in [6.07, 6.45) is 1.82. The van der Waals surface area contributed by atoms with Crippen LogP contribution in [-0.2, 0) is 7.05 Å². The molecule has 3 aromatic carbocycles. The Labute approximate surface area is 233 Å². The minimum Gasteiger partial charge on any atom is -0.455 e. The van der Waals surface area contributed by atoms with Gasteiger partial charge in [0.2, 0.25) is 5.69 Å². The molecule has 196 valence electrons. The first-order chi connectivity index (χ1) is 19.1. The summed E-state index contributed by atoms with van der Waals surface area (Å²) in [6, 6.07) is 19.2. The van der Waals surface area contributed by atoms with Gasteiger partial charge in [-0.3, -0.25) is 0 Å². The van der Waals surface area contributed by atoms with Crippen LogP contribution in [0.4, 0.5) is 0 Å². The first kappa shape index (κ1) is 22.8. The van der Waals surface area contributed by atoms with Crippen LogP contribution < -0.4 is 9.75 Å². The molecule has 2 nitrogen and oxygen atoms in total. The van der Waals surface area contributed by atoms with Gasteiger partial charge in [0.05, 0.1) is 13.6 Å². The van der Waals surface area contributed by atoms with Crippen molar-refractivity contribution >= 4 is 35.2 Å². The summed E-state index contributed by atoms with van der Waals surface area (Å²) in [7, 11) is 0.324. The van der Waals surface area contributed by atoms with E-state index >= 15 is 0 Å². The van der Waals surface area contributed by atoms with Crippen molar-refractivity contribution < 1.29 is 13.1 Å². The quantitative estimate of drug-likeness (QED) is 0.166. The van der Waals surface area contributed by atoms with Gasteiger partial charge in [-0.05, 0) is 59.5 Å². The largest absolute Gasteiger partial charge is 0.455 e. The fraction of sp³-hybridized carbons (Fsp3) is 0.343. The molecule has 0 bridgehead atoms. The summed E-state index contributed by atoms with van der Waals surface area (Å²) in [5.41, 5.74) is 9.38. The zero-order valence-electron chi connectivity index (χ0n) is 27.3. The van der Waals surface area contributed by atoms with Crippen molar-refractivity contribution in [2.24, 2.45) is 7.05 Å². The number of rotatable bonds is 5. The summed E-state index contributed by atoms with van der Waals surface area (Å²) in [4.78, 5) is 0. The van der Waals surface area contributed by atoms with E-state index in [1.165, 1.54) is 16.3 Å². The van der Waals surface area contributed by atoms with Crippen molar-refractivity contribution in [1.29, 1.82) is 0 Å². The Morgan fingerprint density at radius 1 is 0.816 bits per heavy atom. The number of aromatic nitrogens is 1. The number of benzene rings is 3. The van der Waals surface area contributed by atoms with Gasteiger partial charge in [-0.2, -0.15) is 0 Å². The van der Waals surface area contributed by atoms with E-state index in [1.54, 1.807) is 0 Å². The Morgan fingerprint density at radius 2 is 1.47 bits per heavy atom. The number of aryl methyl sites for hydroxylation is 3. The fourth-order valence-electron chi connectivity index (χ4n) is 5.65. The highest BCUT2D eigenvalue weighted by Crippen LogP contribution is 2.41. The lowest BCUT2D eigenvalue weighted by Crippen LogP contribution is -2.38. The van der Waals surface area contributed by atoms with Gasteiger partial charge in [-0.25, -0.2) is 4.57 Å². The summed E-state index contributed by atoms with van der Waals surface area (Å²) in [6.45, 7) is 15.8. The molecule has 0 atom stereocenters. The number of hydrogen-bond acceptors (Lipinski definition) is 1. The monoisotopic (exact) mass is 523 g/mol. The molecule has 0 radical (unpaired) electrons. The Morgan fingerprint density at radius 3 is 2.08 bits per heavy atom. The molecule has 2 heterocycles. The lowest BCUT2D eigenvalue weighted by molar-refractivity contribution is -0.660. The number of fused-ring (bicyclic) bond motifs is 3. The average molecular weight is 524 g/mol. The Kier molecular flexibility index (Phi) is 5.72. The van der Waals surface area contributed by atoms with Gasteiger partial charge in [0.15, 0.2) is 6.20 Å². The van der Waals surface area contributed by atoms with Gasteiger partial charge < -0.3 is 4.42 Å². The third-order valence-corrected chi connectivity index (χ3v) is 9.88. The molecule has 0 aliphatic heterocycles. The Hall–Kier alpha value is -3.17. The zero-order valence-corrected chi connectivity index (χ0v) is 25.3. The van der Waals surface area contributed by atoms with Crippen LogP contribution in [0.25, 0.3) is 44.3 Å². The molecule has 2 aromatic heterocycles. The van der Waals surface area contributed by atoms with Crippen molar-refractivity contribution in [3.05, 3.63) is 83.0 Å². The molecule has 5 aromatic rings. The zero-order chi connectivity index (χ0) is 30.0. The highest BCUT2D eigenvalue weighted by Gasteiger charge is 2.27. The maximum absolute atomic E-state index is 8.59. The van der Waals surface area contributed by atoms with E-state index in [0.717, 1.165) is 49.9 Å². The molecule has 0 fully saturated rings. The van der Waals surface area contributed by atoms with Gasteiger partial charge >= 0.3 is 0 Å². The van der Waals surface area contributed by atoms with Gasteiger partial charge in [-0.15, -0.1) is 0 Å². The third-order valence-electron chi connectivity index (χ3n) is 7.86. The molecule has 38 heavy (non-hydrogen) atoms. The molecule has 0 saturated heterocycles. The summed E-state index contributed by atoms with van der Waals surface area (Å²) >= 11 is 0. The minimum atomic E-state index is -2.27. The molecule has 0 amide bonds. The maximum Gasteiger partial charge on any atom is 0.216 e. The van der Waals surface area contributed by atoms with Crippen LogP contribution >= 0.6 is 0 Å². The second-order valence-corrected chi connectivity index (χ2v) is 17.5. The smallest absolute Gasteiger partial charge is 0.216 e. The fourth-order valence-corrected chi connectivity index (χ4v) is 6.83. The summed E-state index contributed by atoms with van der Waals surface area (Å²) in [5, 5.41) is 3.55. The first-order valence-corrected chi connectivity index (χ1v) is 17.2. The number of pyridine rings is 1. The first-order valence-electron chi connectivity index (χ1n) is 15.2. The second-order valence-electron chi connectivity index (χ2n) is 12.4. The summed E-state index contributed by atoms with van der Waals surface area (Å²) in [5.74, 6) is 0.474. The molecule has 0 unspecified atom stereocenters. The maximum atomic E-state index is 8.59. The van der Waals surface area contributed by atoms with Crippen molar-refractivity contribution in [2.75, 3.05) is 0 Å². The molecule has 0 aliphatic carbocycles. The predicted octanol–water partition coefficient (Wildman–Crippen LogP) is 9.15. The Bertz CT molecular complexity index is 1760. The normalized spacial score (nSPS) is 13.9. The van der Waals surface area contributed by atoms with Crippen LogP contribution in [0.3, 0.4) is 0 Å². The Balaban J connectivity index is 1.93. The molecular formula is C35H42NOSi+. The SMILES string of the molecule is [2H]C([2H])([2H])c1c[n+](C)c(-c2c(C)ccc3c2oc2ccccc23)cc1-c1c(C(C)C)cc([Si](C)(C)C)cc1C(C)C. The molecule has 3 heteroatoms. The lowest BCUT2D eigenvalue weighted by atomic mass is 9.83. The molecule has 0 aliphatic rings. The van der Waals surface area contributed by atoms with E-state index < -0.39 is 14.9 Å². The second kappa shape index (κ2) is 9.54. The number of para-hydroxylation sites is 1. The number of hydrogen-bond donors (Lipinski definition) is 0. The van der Waals surface area contributed by atoms with Crippen LogP contribution in [0, 0.1) is 13.8 Å². The standard InChI is InChI=1S/C35H42NOSi/c1-21(2)28-17-25(38(8,9)10)18-29(22(3)4)34(28)30-19-31(36(7)20-24(30)6)33-23(5)15-16-27-26-13-11-12-14-32(26)37-35(27)33/h11-22H,1-10H3/q+1/i6D3. The minimum absolute atomic E-state index is 0.237. The van der Waals surface area contributed by atoms with Crippen molar-refractivity contribution in [1.82, 2.24) is 0 Å². The van der Waals surface area contributed by atoms with Crippen LogP contribution in [0.1, 0.15) is 65.9 Å². The highest BCUT2D eigenvalue weighted by molar-refractivity contribution is 6.88. The van der Waals surface area contributed by atoms with Gasteiger partial charge in [0.25, 0.3) is 0 Å². The number of furan rings is 1. The molecule has 5 rings (SSSR count). The van der Waals surface area contributed by atoms with Crippen molar-refractivity contribution in [3.8, 4) is 22.4 Å². The van der Waals surface area contributed by atoms with E-state index in [1.807, 2.05) is 36.0 Å². The van der Waals surface area contributed by atoms with Crippen LogP contribution in [0.5, 0.6) is 0 Å². The molecular weight excluding hydrogens is 478 g/mol. The van der Waals surface area contributed by atoms with Gasteiger partial charge in [0.1, 0.15) is 18.2 Å². The van der Waals surface area contributed by atoms with Crippen LogP contribution in [-0.4, -0.2) is 8.07 Å². The van der Waals surface area contributed by atoms with Gasteiger partial charge in [0, 0.05) is 26.5 Å². The van der Waals surface area contributed by atoms with E-state index in [0.29, 0.717) is 5.56 Å². The third kappa shape index (κ3) is 4.41. The predicted molar refractivity (Wildman–Crippen MR) is 166 cm³/mol. The lowest BCUT2D eigenvalue weighted by Gasteiger charge is -2.27. The van der Waals surface area contributed by atoms with E-state index in [-0.39, 0.29) is 11.8 Å². The average Bonchev–Trinajstić information content (AvgIpc) is 3.25.